The fourth-order valence-corrected chi connectivity index (χ4v) is 2.19. The van der Waals surface area contributed by atoms with Crippen LogP contribution in [0.25, 0.3) is 0 Å². The van der Waals surface area contributed by atoms with Gasteiger partial charge in [0, 0.05) is 19.6 Å². The van der Waals surface area contributed by atoms with Gasteiger partial charge in [0.1, 0.15) is 6.61 Å². The molecule has 1 aromatic rings. The number of carbonyl (C=O) groups excluding carboxylic acids is 1. The second-order valence-corrected chi connectivity index (χ2v) is 5.21. The minimum atomic E-state index is -0.229. The van der Waals surface area contributed by atoms with Gasteiger partial charge in [0.05, 0.1) is 0 Å². The highest BCUT2D eigenvalue weighted by Crippen LogP contribution is 2.06. The average Bonchev–Trinajstić information content (AvgIpc) is 2.63. The normalized spacial score (nSPS) is 16.6. The second-order valence-electron chi connectivity index (χ2n) is 5.21. The summed E-state index contributed by atoms with van der Waals surface area (Å²) in [5.74, 6) is 0. The minimum Gasteiger partial charge on any atom is -0.445 e. The molecule has 0 fully saturated rings. The van der Waals surface area contributed by atoms with E-state index in [1.807, 2.05) is 36.4 Å². The number of amides is 1. The Morgan fingerprint density at radius 3 is 2.45 bits per heavy atom. The lowest BCUT2D eigenvalue weighted by molar-refractivity contribution is 0.0994. The molecule has 118 valence electrons. The zero-order valence-corrected chi connectivity index (χ0v) is 12.9. The molecule has 1 N–H and O–H groups in total. The lowest BCUT2D eigenvalue weighted by atomic mass is 10.2. The van der Waals surface area contributed by atoms with Crippen molar-refractivity contribution in [3.63, 3.8) is 0 Å². The standard InChI is InChI=1S/C13H15NO2.C5H9N/c15-13(14-9-5-2-6-10-14)16-11-12-7-3-1-4-8-12;1-2-4-6-5-3-1/h1-5,7-8H,6,9-11H2;1-2,6H,3-5H2. The first-order chi connectivity index (χ1) is 10.9. The van der Waals surface area contributed by atoms with Crippen LogP contribution < -0.4 is 5.32 Å². The van der Waals surface area contributed by atoms with Crippen LogP contribution in [-0.4, -0.2) is 37.2 Å². The van der Waals surface area contributed by atoms with Gasteiger partial charge in [-0.2, -0.15) is 0 Å². The molecule has 0 radical (unpaired) electrons. The number of nitrogens with one attached hydrogen (secondary N) is 1. The molecule has 2 heterocycles. The van der Waals surface area contributed by atoms with Crippen molar-refractivity contribution < 1.29 is 9.53 Å². The molecule has 4 heteroatoms. The van der Waals surface area contributed by atoms with E-state index in [1.165, 1.54) is 6.42 Å². The molecule has 1 aromatic carbocycles. The number of carbonyl (C=O) groups is 1. The van der Waals surface area contributed by atoms with Crippen molar-refractivity contribution >= 4 is 6.09 Å². The predicted octanol–water partition coefficient (Wildman–Crippen LogP) is 3.12. The van der Waals surface area contributed by atoms with Gasteiger partial charge in [-0.15, -0.1) is 0 Å². The van der Waals surface area contributed by atoms with Gasteiger partial charge in [-0.3, -0.25) is 0 Å². The van der Waals surface area contributed by atoms with Crippen LogP contribution in [0.15, 0.2) is 54.6 Å². The summed E-state index contributed by atoms with van der Waals surface area (Å²) in [6, 6.07) is 9.72. The smallest absolute Gasteiger partial charge is 0.410 e. The highest BCUT2D eigenvalue weighted by molar-refractivity contribution is 5.68. The molecule has 4 nitrogen and oxygen atoms in total. The third kappa shape index (κ3) is 6.14. The van der Waals surface area contributed by atoms with E-state index in [9.17, 15) is 4.79 Å². The number of rotatable bonds is 2. The predicted molar refractivity (Wildman–Crippen MR) is 88.6 cm³/mol. The van der Waals surface area contributed by atoms with E-state index >= 15 is 0 Å². The summed E-state index contributed by atoms with van der Waals surface area (Å²) < 4.78 is 5.22. The molecule has 2 aliphatic heterocycles. The van der Waals surface area contributed by atoms with Gasteiger partial charge in [0.2, 0.25) is 0 Å². The molecule has 0 saturated carbocycles. The maximum Gasteiger partial charge on any atom is 0.410 e. The fraction of sp³-hybridized carbons (Fsp3) is 0.389. The highest BCUT2D eigenvalue weighted by atomic mass is 16.6. The molecule has 0 saturated heterocycles. The zero-order chi connectivity index (χ0) is 15.5. The van der Waals surface area contributed by atoms with Crippen molar-refractivity contribution in [1.29, 1.82) is 0 Å². The van der Waals surface area contributed by atoms with E-state index in [2.05, 4.69) is 23.5 Å². The molecule has 3 rings (SSSR count). The summed E-state index contributed by atoms with van der Waals surface area (Å²) in [4.78, 5) is 13.4. The number of ether oxygens (including phenoxy) is 1. The number of benzene rings is 1. The lowest BCUT2D eigenvalue weighted by Crippen LogP contribution is -2.34. The van der Waals surface area contributed by atoms with Gasteiger partial charge in [0.15, 0.2) is 0 Å². The van der Waals surface area contributed by atoms with Crippen LogP contribution in [0.5, 0.6) is 0 Å². The van der Waals surface area contributed by atoms with Crippen LogP contribution in [0, 0.1) is 0 Å². The maximum atomic E-state index is 11.6. The van der Waals surface area contributed by atoms with Crippen molar-refractivity contribution in [2.75, 3.05) is 26.2 Å². The van der Waals surface area contributed by atoms with Gasteiger partial charge in [-0.05, 0) is 24.9 Å². The molecular formula is C18H24N2O2. The second kappa shape index (κ2) is 9.79. The van der Waals surface area contributed by atoms with Crippen molar-refractivity contribution in [2.45, 2.75) is 19.4 Å². The zero-order valence-electron chi connectivity index (χ0n) is 12.9. The fourth-order valence-electron chi connectivity index (χ4n) is 2.19. The molecule has 0 aliphatic carbocycles. The van der Waals surface area contributed by atoms with Gasteiger partial charge < -0.3 is 15.0 Å². The molecule has 1 amide bonds. The van der Waals surface area contributed by atoms with E-state index in [4.69, 9.17) is 4.74 Å². The summed E-state index contributed by atoms with van der Waals surface area (Å²) in [5.41, 5.74) is 1.02. The Balaban J connectivity index is 0.000000246. The molecular weight excluding hydrogens is 276 g/mol. The van der Waals surface area contributed by atoms with Gasteiger partial charge in [0.25, 0.3) is 0 Å². The summed E-state index contributed by atoms with van der Waals surface area (Å²) in [7, 11) is 0. The Morgan fingerprint density at radius 2 is 1.91 bits per heavy atom. The summed E-state index contributed by atoms with van der Waals surface area (Å²) in [6.07, 6.45) is 10.3. The molecule has 0 bridgehead atoms. The Morgan fingerprint density at radius 1 is 1.09 bits per heavy atom. The number of hydrogen-bond acceptors (Lipinski definition) is 3. The monoisotopic (exact) mass is 300 g/mol. The van der Waals surface area contributed by atoms with Crippen LogP contribution >= 0.6 is 0 Å². The molecule has 2 aliphatic rings. The van der Waals surface area contributed by atoms with Gasteiger partial charge in [-0.1, -0.05) is 54.6 Å². The van der Waals surface area contributed by atoms with Crippen molar-refractivity contribution in [3.05, 3.63) is 60.2 Å². The first kappa shape index (κ1) is 16.3. The Kier molecular flexibility index (Phi) is 7.26. The van der Waals surface area contributed by atoms with E-state index in [1.54, 1.807) is 4.90 Å². The van der Waals surface area contributed by atoms with Gasteiger partial charge >= 0.3 is 6.09 Å². The SMILES string of the molecule is C1=CCNCC1.O=C(OCc1ccccc1)N1CC=CCC1. The van der Waals surface area contributed by atoms with Crippen molar-refractivity contribution in [3.8, 4) is 0 Å². The van der Waals surface area contributed by atoms with E-state index in [0.717, 1.165) is 31.6 Å². The Labute approximate surface area is 132 Å². The van der Waals surface area contributed by atoms with Crippen LogP contribution in [0.4, 0.5) is 4.79 Å². The number of hydrogen-bond donors (Lipinski definition) is 1. The van der Waals surface area contributed by atoms with E-state index in [-0.39, 0.29) is 6.09 Å². The minimum absolute atomic E-state index is 0.229. The Hall–Kier alpha value is -2.07. The van der Waals surface area contributed by atoms with E-state index < -0.39 is 0 Å². The molecule has 22 heavy (non-hydrogen) atoms. The van der Waals surface area contributed by atoms with Crippen molar-refractivity contribution in [2.24, 2.45) is 0 Å². The molecule has 0 atom stereocenters. The quantitative estimate of drug-likeness (QED) is 0.853. The first-order valence-electron chi connectivity index (χ1n) is 7.82. The molecule has 0 aromatic heterocycles. The number of nitrogens with zero attached hydrogens (tertiary/aromatic N) is 1. The third-order valence-electron chi connectivity index (χ3n) is 3.44. The average molecular weight is 300 g/mol. The summed E-state index contributed by atoms with van der Waals surface area (Å²) >= 11 is 0. The van der Waals surface area contributed by atoms with Gasteiger partial charge in [-0.25, -0.2) is 4.79 Å². The van der Waals surface area contributed by atoms with E-state index in [0.29, 0.717) is 13.2 Å². The summed E-state index contributed by atoms with van der Waals surface area (Å²) in [6.45, 7) is 3.99. The van der Waals surface area contributed by atoms with Crippen LogP contribution in [0.1, 0.15) is 18.4 Å². The van der Waals surface area contributed by atoms with Crippen LogP contribution in [0.3, 0.4) is 0 Å². The third-order valence-corrected chi connectivity index (χ3v) is 3.44. The first-order valence-corrected chi connectivity index (χ1v) is 7.82. The topological polar surface area (TPSA) is 41.6 Å². The maximum absolute atomic E-state index is 11.6. The Bertz CT molecular complexity index is 489. The molecule has 0 unspecified atom stereocenters. The largest absolute Gasteiger partial charge is 0.445 e. The van der Waals surface area contributed by atoms with Crippen LogP contribution in [-0.2, 0) is 11.3 Å². The lowest BCUT2D eigenvalue weighted by Gasteiger charge is -2.22. The molecule has 0 spiro atoms. The van der Waals surface area contributed by atoms with Crippen molar-refractivity contribution in [1.82, 2.24) is 10.2 Å². The summed E-state index contributed by atoms with van der Waals surface area (Å²) in [5, 5.41) is 3.20. The van der Waals surface area contributed by atoms with Crippen LogP contribution in [0.2, 0.25) is 0 Å². The highest BCUT2D eigenvalue weighted by Gasteiger charge is 2.14.